The Labute approximate surface area is 189 Å². The van der Waals surface area contributed by atoms with Gasteiger partial charge >= 0.3 is 0 Å². The minimum absolute atomic E-state index is 0.110. The van der Waals surface area contributed by atoms with Crippen LogP contribution < -0.4 is 9.62 Å². The van der Waals surface area contributed by atoms with E-state index in [0.717, 1.165) is 27.3 Å². The molecule has 0 saturated heterocycles. The van der Waals surface area contributed by atoms with Gasteiger partial charge in [0.2, 0.25) is 21.8 Å². The van der Waals surface area contributed by atoms with Crippen molar-refractivity contribution in [2.24, 2.45) is 0 Å². The molecule has 1 N–H and O–H groups in total. The summed E-state index contributed by atoms with van der Waals surface area (Å²) < 4.78 is 26.2. The number of anilines is 1. The maximum atomic E-state index is 13.3. The number of hydrogen-bond acceptors (Lipinski definition) is 4. The number of nitrogens with zero attached hydrogens (tertiary/aromatic N) is 2. The number of benzene rings is 2. The van der Waals surface area contributed by atoms with Crippen molar-refractivity contribution >= 4 is 39.1 Å². The van der Waals surface area contributed by atoms with Crippen LogP contribution in [-0.2, 0) is 26.2 Å². The molecule has 2 aromatic rings. The molecule has 0 aromatic heterocycles. The summed E-state index contributed by atoms with van der Waals surface area (Å²) in [6.07, 6.45) is 1.06. The van der Waals surface area contributed by atoms with Crippen LogP contribution in [0.25, 0.3) is 0 Å². The Balaban J connectivity index is 2.43. The van der Waals surface area contributed by atoms with E-state index in [9.17, 15) is 18.0 Å². The van der Waals surface area contributed by atoms with Crippen LogP contribution in [-0.4, -0.2) is 51.0 Å². The molecule has 0 aliphatic carbocycles. The van der Waals surface area contributed by atoms with Crippen molar-refractivity contribution in [2.75, 3.05) is 24.2 Å². The predicted octanol–water partition coefficient (Wildman–Crippen LogP) is 2.89. The quantitative estimate of drug-likeness (QED) is 0.649. The molecule has 0 aliphatic rings. The summed E-state index contributed by atoms with van der Waals surface area (Å²) in [4.78, 5) is 27.0. The normalized spacial score (nSPS) is 12.2. The summed E-state index contributed by atoms with van der Waals surface area (Å²) >= 11 is 6.06. The SMILES string of the molecule is CNC(=O)[C@@H](C)N(Cc1cccc(Cl)c1)C(=O)CN(c1cc(C)ccc1C)S(C)(=O)=O. The zero-order valence-electron chi connectivity index (χ0n) is 18.3. The molecular formula is C22H28ClN3O4S. The maximum absolute atomic E-state index is 13.3. The van der Waals surface area contributed by atoms with Gasteiger partial charge in [0, 0.05) is 18.6 Å². The fraction of sp³-hybridized carbons (Fsp3) is 0.364. The molecule has 9 heteroatoms. The standard InChI is InChI=1S/C22H28ClN3O4S/c1-15-9-10-16(2)20(11-15)26(31(5,29)30)14-21(27)25(17(3)22(28)24-4)13-18-7-6-8-19(23)12-18/h6-12,17H,13-14H2,1-5H3,(H,24,28)/t17-/m1/s1. The lowest BCUT2D eigenvalue weighted by Crippen LogP contribution is -2.50. The Hall–Kier alpha value is -2.58. The fourth-order valence-electron chi connectivity index (χ4n) is 3.21. The van der Waals surface area contributed by atoms with Gasteiger partial charge in [0.05, 0.1) is 11.9 Å². The predicted molar refractivity (Wildman–Crippen MR) is 124 cm³/mol. The number of hydrogen-bond donors (Lipinski definition) is 1. The molecule has 0 fully saturated rings. The number of amides is 2. The van der Waals surface area contributed by atoms with Gasteiger partial charge in [0.1, 0.15) is 12.6 Å². The Bertz CT molecular complexity index is 1070. The number of sulfonamides is 1. The van der Waals surface area contributed by atoms with Crippen molar-refractivity contribution in [3.8, 4) is 0 Å². The second-order valence-electron chi connectivity index (χ2n) is 7.50. The van der Waals surface area contributed by atoms with Crippen LogP contribution in [0, 0.1) is 13.8 Å². The van der Waals surface area contributed by atoms with Crippen LogP contribution in [0.4, 0.5) is 5.69 Å². The summed E-state index contributed by atoms with van der Waals surface area (Å²) in [6, 6.07) is 11.6. The molecular weight excluding hydrogens is 438 g/mol. The molecule has 168 valence electrons. The molecule has 0 heterocycles. The smallest absolute Gasteiger partial charge is 0.244 e. The summed E-state index contributed by atoms with van der Waals surface area (Å²) in [5, 5.41) is 3.04. The number of carbonyl (C=O) groups is 2. The van der Waals surface area contributed by atoms with E-state index < -0.39 is 28.5 Å². The van der Waals surface area contributed by atoms with Gasteiger partial charge in [-0.1, -0.05) is 35.9 Å². The van der Waals surface area contributed by atoms with Crippen molar-refractivity contribution in [3.63, 3.8) is 0 Å². The summed E-state index contributed by atoms with van der Waals surface area (Å²) in [7, 11) is -2.27. The molecule has 0 aliphatic heterocycles. The summed E-state index contributed by atoms with van der Waals surface area (Å²) in [6.45, 7) is 4.92. The fourth-order valence-corrected chi connectivity index (χ4v) is 4.32. The van der Waals surface area contributed by atoms with Gasteiger partial charge in [-0.2, -0.15) is 0 Å². The second-order valence-corrected chi connectivity index (χ2v) is 9.84. The van der Waals surface area contributed by atoms with Crippen molar-refractivity contribution < 1.29 is 18.0 Å². The topological polar surface area (TPSA) is 86.8 Å². The van der Waals surface area contributed by atoms with Crippen LogP contribution >= 0.6 is 11.6 Å². The Morgan fingerprint density at radius 2 is 1.81 bits per heavy atom. The summed E-state index contributed by atoms with van der Waals surface area (Å²) in [5.74, 6) is -0.851. The highest BCUT2D eigenvalue weighted by Gasteiger charge is 2.30. The number of rotatable bonds is 8. The first-order chi connectivity index (χ1) is 14.4. The molecule has 2 rings (SSSR count). The van der Waals surface area contributed by atoms with E-state index in [1.165, 1.54) is 11.9 Å². The lowest BCUT2D eigenvalue weighted by molar-refractivity contribution is -0.139. The number of halogens is 1. The van der Waals surface area contributed by atoms with Crippen LogP contribution in [0.15, 0.2) is 42.5 Å². The summed E-state index contributed by atoms with van der Waals surface area (Å²) in [5.41, 5.74) is 2.76. The van der Waals surface area contributed by atoms with Crippen LogP contribution in [0.1, 0.15) is 23.6 Å². The minimum atomic E-state index is -3.75. The van der Waals surface area contributed by atoms with Gasteiger partial charge in [0.15, 0.2) is 0 Å². The van der Waals surface area contributed by atoms with Crippen LogP contribution in [0.5, 0.6) is 0 Å². The van der Waals surface area contributed by atoms with E-state index in [4.69, 9.17) is 11.6 Å². The van der Waals surface area contributed by atoms with E-state index in [2.05, 4.69) is 5.32 Å². The maximum Gasteiger partial charge on any atom is 0.244 e. The average Bonchev–Trinajstić information content (AvgIpc) is 2.70. The van der Waals surface area contributed by atoms with E-state index >= 15 is 0 Å². The highest BCUT2D eigenvalue weighted by atomic mass is 35.5. The van der Waals surface area contributed by atoms with Crippen molar-refractivity contribution in [1.29, 1.82) is 0 Å². The number of carbonyl (C=O) groups excluding carboxylic acids is 2. The lowest BCUT2D eigenvalue weighted by atomic mass is 10.1. The van der Waals surface area contributed by atoms with Gasteiger partial charge in [0.25, 0.3) is 0 Å². The molecule has 31 heavy (non-hydrogen) atoms. The van der Waals surface area contributed by atoms with Crippen LogP contribution in [0.3, 0.4) is 0 Å². The van der Waals surface area contributed by atoms with Crippen molar-refractivity contribution in [1.82, 2.24) is 10.2 Å². The first-order valence-electron chi connectivity index (χ1n) is 9.74. The van der Waals surface area contributed by atoms with Crippen LogP contribution in [0.2, 0.25) is 5.02 Å². The first-order valence-corrected chi connectivity index (χ1v) is 12.0. The Morgan fingerprint density at radius 3 is 2.39 bits per heavy atom. The van der Waals surface area contributed by atoms with Gasteiger partial charge in [-0.15, -0.1) is 0 Å². The molecule has 0 unspecified atom stereocenters. The zero-order chi connectivity index (χ0) is 23.3. The molecule has 1 atom stereocenters. The molecule has 0 bridgehead atoms. The molecule has 0 saturated carbocycles. The van der Waals surface area contributed by atoms with Crippen molar-refractivity contribution in [3.05, 3.63) is 64.2 Å². The number of likely N-dealkylation sites (N-methyl/N-ethyl adjacent to an activating group) is 1. The number of aryl methyl sites for hydroxylation is 2. The van der Waals surface area contributed by atoms with Crippen molar-refractivity contribution in [2.45, 2.75) is 33.4 Å². The highest BCUT2D eigenvalue weighted by Crippen LogP contribution is 2.24. The molecule has 0 radical (unpaired) electrons. The van der Waals surface area contributed by atoms with Gasteiger partial charge in [-0.3, -0.25) is 13.9 Å². The molecule has 0 spiro atoms. The average molecular weight is 466 g/mol. The third-order valence-electron chi connectivity index (χ3n) is 4.97. The van der Waals surface area contributed by atoms with Gasteiger partial charge in [-0.25, -0.2) is 8.42 Å². The Kier molecular flexibility index (Phi) is 8.08. The van der Waals surface area contributed by atoms with E-state index in [1.807, 2.05) is 19.1 Å². The largest absolute Gasteiger partial charge is 0.357 e. The zero-order valence-corrected chi connectivity index (χ0v) is 19.9. The first kappa shape index (κ1) is 24.7. The second kappa shape index (κ2) is 10.2. The number of nitrogens with one attached hydrogen (secondary N) is 1. The molecule has 7 nitrogen and oxygen atoms in total. The lowest BCUT2D eigenvalue weighted by Gasteiger charge is -2.31. The third kappa shape index (κ3) is 6.45. The Morgan fingerprint density at radius 1 is 1.13 bits per heavy atom. The van der Waals surface area contributed by atoms with Gasteiger partial charge in [-0.05, 0) is 55.7 Å². The van der Waals surface area contributed by atoms with E-state index in [0.29, 0.717) is 10.7 Å². The third-order valence-corrected chi connectivity index (χ3v) is 6.33. The minimum Gasteiger partial charge on any atom is -0.357 e. The van der Waals surface area contributed by atoms with Gasteiger partial charge < -0.3 is 10.2 Å². The highest BCUT2D eigenvalue weighted by molar-refractivity contribution is 7.92. The molecule has 2 aromatic carbocycles. The van der Waals surface area contributed by atoms with E-state index in [1.54, 1.807) is 44.2 Å². The molecule has 2 amide bonds. The van der Waals surface area contributed by atoms with E-state index in [-0.39, 0.29) is 12.5 Å². The monoisotopic (exact) mass is 465 g/mol.